The summed E-state index contributed by atoms with van der Waals surface area (Å²) in [4.78, 5) is 0. The lowest BCUT2D eigenvalue weighted by atomic mass is 10.2. The Balaban J connectivity index is 1.96. The molecule has 1 atom stereocenters. The third-order valence-corrected chi connectivity index (χ3v) is 2.91. The molecule has 1 fully saturated rings. The van der Waals surface area contributed by atoms with E-state index in [4.69, 9.17) is 4.74 Å². The van der Waals surface area contributed by atoms with Crippen molar-refractivity contribution < 1.29 is 4.74 Å². The molecule has 1 aliphatic rings. The second-order valence-electron chi connectivity index (χ2n) is 4.07. The predicted molar refractivity (Wildman–Crippen MR) is 60.4 cm³/mol. The number of hydrogen-bond donors (Lipinski definition) is 1. The van der Waals surface area contributed by atoms with Crippen LogP contribution in [0, 0.1) is 0 Å². The topological polar surface area (TPSA) is 52.0 Å². The molecule has 0 radical (unpaired) electrons. The smallest absolute Gasteiger partial charge is 0.155 e. The molecule has 0 aliphatic carbocycles. The zero-order valence-corrected chi connectivity index (χ0v) is 9.18. The van der Waals surface area contributed by atoms with E-state index in [1.54, 1.807) is 4.68 Å². The van der Waals surface area contributed by atoms with Crippen LogP contribution in [-0.2, 0) is 7.05 Å². The van der Waals surface area contributed by atoms with Crippen LogP contribution < -0.4 is 10.1 Å². The Morgan fingerprint density at radius 1 is 1.50 bits per heavy atom. The van der Waals surface area contributed by atoms with Gasteiger partial charge in [0.15, 0.2) is 5.52 Å². The lowest BCUT2D eigenvalue weighted by molar-refractivity contribution is 0.225. The molecule has 1 unspecified atom stereocenters. The standard InChI is InChI=1S/C11H14N4O/c1-15-9-3-2-4-10(11(9)13-14-15)16-8-5-6-12-7-8/h2-4,8,12H,5-7H2,1H3. The van der Waals surface area contributed by atoms with Gasteiger partial charge in [-0.2, -0.15) is 0 Å². The van der Waals surface area contributed by atoms with E-state index in [-0.39, 0.29) is 6.10 Å². The molecule has 16 heavy (non-hydrogen) atoms. The molecule has 1 aliphatic heterocycles. The molecule has 5 nitrogen and oxygen atoms in total. The van der Waals surface area contributed by atoms with Gasteiger partial charge in [0.25, 0.3) is 0 Å². The Labute approximate surface area is 93.4 Å². The van der Waals surface area contributed by atoms with Gasteiger partial charge in [0.2, 0.25) is 0 Å². The van der Waals surface area contributed by atoms with E-state index in [1.165, 1.54) is 0 Å². The van der Waals surface area contributed by atoms with Crippen LogP contribution in [0.3, 0.4) is 0 Å². The monoisotopic (exact) mass is 218 g/mol. The van der Waals surface area contributed by atoms with Crippen molar-refractivity contribution in [1.82, 2.24) is 20.3 Å². The second-order valence-corrected chi connectivity index (χ2v) is 4.07. The third-order valence-electron chi connectivity index (χ3n) is 2.91. The quantitative estimate of drug-likeness (QED) is 0.806. The number of benzene rings is 1. The van der Waals surface area contributed by atoms with E-state index in [0.717, 1.165) is 36.3 Å². The second kappa shape index (κ2) is 3.75. The minimum atomic E-state index is 0.257. The molecule has 0 amide bonds. The first-order valence-corrected chi connectivity index (χ1v) is 5.50. The molecule has 1 N–H and O–H groups in total. The van der Waals surface area contributed by atoms with Gasteiger partial charge in [-0.1, -0.05) is 11.3 Å². The molecule has 1 saturated heterocycles. The summed E-state index contributed by atoms with van der Waals surface area (Å²) in [5.41, 5.74) is 1.85. The third kappa shape index (κ3) is 1.53. The van der Waals surface area contributed by atoms with Gasteiger partial charge in [0.1, 0.15) is 11.9 Å². The van der Waals surface area contributed by atoms with Crippen molar-refractivity contribution in [3.8, 4) is 5.75 Å². The lowest BCUT2D eigenvalue weighted by Gasteiger charge is -2.12. The summed E-state index contributed by atoms with van der Waals surface area (Å²) in [5.74, 6) is 0.833. The largest absolute Gasteiger partial charge is 0.487 e. The molecule has 84 valence electrons. The molecule has 3 rings (SSSR count). The van der Waals surface area contributed by atoms with Crippen LogP contribution in [0.2, 0.25) is 0 Å². The summed E-state index contributed by atoms with van der Waals surface area (Å²) in [5, 5.41) is 11.4. The van der Waals surface area contributed by atoms with Crippen molar-refractivity contribution in [2.75, 3.05) is 13.1 Å². The average Bonchev–Trinajstić information content (AvgIpc) is 2.90. The van der Waals surface area contributed by atoms with E-state index in [9.17, 15) is 0 Å². The van der Waals surface area contributed by atoms with Crippen molar-refractivity contribution in [2.24, 2.45) is 7.05 Å². The molecule has 5 heteroatoms. The van der Waals surface area contributed by atoms with Crippen molar-refractivity contribution in [1.29, 1.82) is 0 Å². The Hall–Kier alpha value is -1.62. The maximum absolute atomic E-state index is 5.92. The maximum Gasteiger partial charge on any atom is 0.155 e. The molecular weight excluding hydrogens is 204 g/mol. The van der Waals surface area contributed by atoms with Gasteiger partial charge in [-0.3, -0.25) is 0 Å². The Morgan fingerprint density at radius 3 is 3.25 bits per heavy atom. The highest BCUT2D eigenvalue weighted by atomic mass is 16.5. The van der Waals surface area contributed by atoms with Crippen LogP contribution in [0.25, 0.3) is 11.0 Å². The summed E-state index contributed by atoms with van der Waals surface area (Å²) < 4.78 is 7.68. The SMILES string of the molecule is Cn1nnc2c(OC3CCNC3)cccc21. The van der Waals surface area contributed by atoms with Crippen molar-refractivity contribution in [3.05, 3.63) is 18.2 Å². The minimum Gasteiger partial charge on any atom is -0.487 e. The number of fused-ring (bicyclic) bond motifs is 1. The van der Waals surface area contributed by atoms with Crippen LogP contribution in [0.5, 0.6) is 5.75 Å². The number of ether oxygens (including phenoxy) is 1. The van der Waals surface area contributed by atoms with E-state index in [1.807, 2.05) is 25.2 Å². The maximum atomic E-state index is 5.92. The summed E-state index contributed by atoms with van der Waals surface area (Å²) in [6.45, 7) is 1.94. The Bertz CT molecular complexity index is 502. The summed E-state index contributed by atoms with van der Waals surface area (Å²) in [7, 11) is 1.89. The fourth-order valence-corrected chi connectivity index (χ4v) is 2.04. The molecule has 1 aromatic heterocycles. The average molecular weight is 218 g/mol. The normalized spacial score (nSPS) is 20.4. The van der Waals surface area contributed by atoms with Crippen LogP contribution in [0.15, 0.2) is 18.2 Å². The highest BCUT2D eigenvalue weighted by Gasteiger charge is 2.18. The van der Waals surface area contributed by atoms with Gasteiger partial charge in [0.05, 0.1) is 5.52 Å². The van der Waals surface area contributed by atoms with Crippen molar-refractivity contribution in [3.63, 3.8) is 0 Å². The molecule has 2 heterocycles. The Morgan fingerprint density at radius 2 is 2.44 bits per heavy atom. The number of nitrogens with zero attached hydrogens (tertiary/aromatic N) is 3. The summed E-state index contributed by atoms with van der Waals surface area (Å²) in [6.07, 6.45) is 1.31. The first-order chi connectivity index (χ1) is 7.84. The number of aromatic nitrogens is 3. The molecular formula is C11H14N4O. The molecule has 0 bridgehead atoms. The zero-order chi connectivity index (χ0) is 11.0. The highest BCUT2D eigenvalue weighted by molar-refractivity contribution is 5.80. The van der Waals surface area contributed by atoms with Crippen LogP contribution in [0.4, 0.5) is 0 Å². The first-order valence-electron chi connectivity index (χ1n) is 5.50. The fourth-order valence-electron chi connectivity index (χ4n) is 2.04. The van der Waals surface area contributed by atoms with E-state index < -0.39 is 0 Å². The van der Waals surface area contributed by atoms with Crippen LogP contribution in [0.1, 0.15) is 6.42 Å². The minimum absolute atomic E-state index is 0.257. The number of aryl methyl sites for hydroxylation is 1. The van der Waals surface area contributed by atoms with Crippen molar-refractivity contribution >= 4 is 11.0 Å². The zero-order valence-electron chi connectivity index (χ0n) is 9.18. The van der Waals surface area contributed by atoms with Gasteiger partial charge >= 0.3 is 0 Å². The van der Waals surface area contributed by atoms with Crippen LogP contribution in [-0.4, -0.2) is 34.2 Å². The van der Waals surface area contributed by atoms with E-state index in [2.05, 4.69) is 15.6 Å². The van der Waals surface area contributed by atoms with Crippen molar-refractivity contribution in [2.45, 2.75) is 12.5 Å². The van der Waals surface area contributed by atoms with Gasteiger partial charge in [0, 0.05) is 13.6 Å². The van der Waals surface area contributed by atoms with E-state index >= 15 is 0 Å². The predicted octanol–water partition coefficient (Wildman–Crippen LogP) is 0.709. The van der Waals surface area contributed by atoms with Gasteiger partial charge in [-0.25, -0.2) is 4.68 Å². The number of hydrogen-bond acceptors (Lipinski definition) is 4. The summed E-state index contributed by atoms with van der Waals surface area (Å²) in [6, 6.07) is 5.92. The Kier molecular flexibility index (Phi) is 2.25. The van der Waals surface area contributed by atoms with Gasteiger partial charge in [-0.15, -0.1) is 5.10 Å². The van der Waals surface area contributed by atoms with E-state index in [0.29, 0.717) is 0 Å². The summed E-state index contributed by atoms with van der Waals surface area (Å²) >= 11 is 0. The molecule has 2 aromatic rings. The molecule has 0 saturated carbocycles. The molecule has 0 spiro atoms. The lowest BCUT2D eigenvalue weighted by Crippen LogP contribution is -2.19. The molecule has 1 aromatic carbocycles. The number of nitrogens with one attached hydrogen (secondary N) is 1. The van der Waals surface area contributed by atoms with Gasteiger partial charge < -0.3 is 10.1 Å². The number of rotatable bonds is 2. The van der Waals surface area contributed by atoms with Gasteiger partial charge in [-0.05, 0) is 25.1 Å². The highest BCUT2D eigenvalue weighted by Crippen LogP contribution is 2.24. The fraction of sp³-hybridized carbons (Fsp3) is 0.455. The first kappa shape index (κ1) is 9.59. The van der Waals surface area contributed by atoms with Crippen LogP contribution >= 0.6 is 0 Å².